The Hall–Kier alpha value is -0.250. The summed E-state index contributed by atoms with van der Waals surface area (Å²) in [7, 11) is 0. The van der Waals surface area contributed by atoms with E-state index in [-0.39, 0.29) is 12.6 Å². The highest BCUT2D eigenvalue weighted by molar-refractivity contribution is 4.90. The number of hydrogen-bond acceptors (Lipinski definition) is 1. The van der Waals surface area contributed by atoms with E-state index in [9.17, 15) is 13.2 Å². The van der Waals surface area contributed by atoms with E-state index in [1.807, 2.05) is 4.90 Å². The van der Waals surface area contributed by atoms with Crippen LogP contribution in [0.4, 0.5) is 13.2 Å². The van der Waals surface area contributed by atoms with Crippen LogP contribution < -0.4 is 0 Å². The maximum Gasteiger partial charge on any atom is 0.393 e. The van der Waals surface area contributed by atoms with Crippen LogP contribution in [0.1, 0.15) is 25.7 Å². The minimum absolute atomic E-state index is 0.223. The van der Waals surface area contributed by atoms with Gasteiger partial charge in [0.1, 0.15) is 0 Å². The third-order valence-electron chi connectivity index (χ3n) is 3.22. The first-order valence-corrected chi connectivity index (χ1v) is 4.88. The molecule has 2 unspecified atom stereocenters. The van der Waals surface area contributed by atoms with Gasteiger partial charge in [0.15, 0.2) is 0 Å². The highest BCUT2D eigenvalue weighted by atomic mass is 19.4. The van der Waals surface area contributed by atoms with Crippen LogP contribution in [0.15, 0.2) is 0 Å². The number of alkyl halides is 3. The molecule has 1 nitrogen and oxygen atoms in total. The van der Waals surface area contributed by atoms with Gasteiger partial charge in [0.2, 0.25) is 0 Å². The Kier molecular flexibility index (Phi) is 2.26. The lowest BCUT2D eigenvalue weighted by Gasteiger charge is -2.28. The normalized spacial score (nSPS) is 36.2. The van der Waals surface area contributed by atoms with Crippen LogP contribution in [0, 0.1) is 5.92 Å². The Morgan fingerprint density at radius 3 is 2.54 bits per heavy atom. The fourth-order valence-electron chi connectivity index (χ4n) is 2.49. The number of nitrogens with zero attached hydrogens (tertiary/aromatic N) is 1. The predicted octanol–water partition coefficient (Wildman–Crippen LogP) is 2.42. The Morgan fingerprint density at radius 1 is 1.15 bits per heavy atom. The lowest BCUT2D eigenvalue weighted by atomic mass is 9.99. The molecule has 0 radical (unpaired) electrons. The van der Waals surface area contributed by atoms with Gasteiger partial charge >= 0.3 is 6.18 Å². The average Bonchev–Trinajstić information content (AvgIpc) is 2.45. The molecule has 2 rings (SSSR count). The van der Waals surface area contributed by atoms with Gasteiger partial charge in [0, 0.05) is 12.6 Å². The van der Waals surface area contributed by atoms with Crippen molar-refractivity contribution >= 4 is 0 Å². The molecule has 0 aromatic carbocycles. The highest BCUT2D eigenvalue weighted by Gasteiger charge is 2.47. The zero-order valence-corrected chi connectivity index (χ0v) is 7.48. The SMILES string of the molecule is FC(F)(F)C1CC2CCCCN2C1. The van der Waals surface area contributed by atoms with Crippen molar-refractivity contribution in [2.75, 3.05) is 13.1 Å². The summed E-state index contributed by atoms with van der Waals surface area (Å²) >= 11 is 0. The van der Waals surface area contributed by atoms with Crippen molar-refractivity contribution in [3.8, 4) is 0 Å². The largest absolute Gasteiger partial charge is 0.393 e. The molecule has 76 valence electrons. The van der Waals surface area contributed by atoms with Gasteiger partial charge in [-0.15, -0.1) is 0 Å². The molecule has 0 aromatic heterocycles. The lowest BCUT2D eigenvalue weighted by Crippen LogP contribution is -2.34. The van der Waals surface area contributed by atoms with Gasteiger partial charge in [0.25, 0.3) is 0 Å². The van der Waals surface area contributed by atoms with Crippen LogP contribution in [0.3, 0.4) is 0 Å². The minimum atomic E-state index is -3.97. The van der Waals surface area contributed by atoms with E-state index in [2.05, 4.69) is 0 Å². The van der Waals surface area contributed by atoms with E-state index in [1.165, 1.54) is 0 Å². The number of rotatable bonds is 0. The van der Waals surface area contributed by atoms with Crippen molar-refractivity contribution in [2.24, 2.45) is 5.92 Å². The van der Waals surface area contributed by atoms with Gasteiger partial charge in [-0.2, -0.15) is 13.2 Å². The molecule has 2 fully saturated rings. The van der Waals surface area contributed by atoms with E-state index in [1.54, 1.807) is 0 Å². The maximum absolute atomic E-state index is 12.4. The van der Waals surface area contributed by atoms with Gasteiger partial charge in [-0.3, -0.25) is 4.90 Å². The van der Waals surface area contributed by atoms with Crippen LogP contribution in [0.25, 0.3) is 0 Å². The molecule has 0 spiro atoms. The second-order valence-corrected chi connectivity index (χ2v) is 4.12. The zero-order chi connectivity index (χ0) is 9.47. The number of piperidine rings is 1. The number of hydrogen-bond donors (Lipinski definition) is 0. The topological polar surface area (TPSA) is 3.24 Å². The summed E-state index contributed by atoms with van der Waals surface area (Å²) in [6.07, 6.45) is -0.500. The fourth-order valence-corrected chi connectivity index (χ4v) is 2.49. The zero-order valence-electron chi connectivity index (χ0n) is 7.48. The van der Waals surface area contributed by atoms with Crippen molar-refractivity contribution in [3.63, 3.8) is 0 Å². The minimum Gasteiger partial charge on any atom is -0.300 e. The van der Waals surface area contributed by atoms with Crippen molar-refractivity contribution < 1.29 is 13.2 Å². The molecular formula is C9H14F3N. The first-order chi connectivity index (χ1) is 6.07. The van der Waals surface area contributed by atoms with E-state index >= 15 is 0 Å². The molecule has 2 aliphatic heterocycles. The monoisotopic (exact) mass is 193 g/mol. The molecule has 0 aromatic rings. The van der Waals surface area contributed by atoms with Crippen LogP contribution in [0.2, 0.25) is 0 Å². The number of fused-ring (bicyclic) bond motifs is 1. The highest BCUT2D eigenvalue weighted by Crippen LogP contribution is 2.39. The Bertz CT molecular complexity index is 176. The molecule has 4 heteroatoms. The van der Waals surface area contributed by atoms with Crippen LogP contribution in [-0.2, 0) is 0 Å². The maximum atomic E-state index is 12.4. The molecule has 0 bridgehead atoms. The van der Waals surface area contributed by atoms with Gasteiger partial charge in [-0.05, 0) is 25.8 Å². The fraction of sp³-hybridized carbons (Fsp3) is 1.00. The summed E-state index contributed by atoms with van der Waals surface area (Å²) in [5, 5.41) is 0. The van der Waals surface area contributed by atoms with Gasteiger partial charge in [0.05, 0.1) is 5.92 Å². The summed E-state index contributed by atoms with van der Waals surface area (Å²) in [6.45, 7) is 1.12. The summed E-state index contributed by atoms with van der Waals surface area (Å²) in [4.78, 5) is 2.02. The first kappa shape index (κ1) is 9.31. The van der Waals surface area contributed by atoms with E-state index < -0.39 is 12.1 Å². The molecule has 13 heavy (non-hydrogen) atoms. The molecule has 2 atom stereocenters. The predicted molar refractivity (Wildman–Crippen MR) is 43.4 cm³/mol. The van der Waals surface area contributed by atoms with Crippen molar-refractivity contribution in [1.82, 2.24) is 4.90 Å². The molecular weight excluding hydrogens is 179 g/mol. The summed E-state index contributed by atoms with van der Waals surface area (Å²) < 4.78 is 37.1. The molecule has 0 saturated carbocycles. The van der Waals surface area contributed by atoms with E-state index in [0.717, 1.165) is 25.8 Å². The van der Waals surface area contributed by atoms with Crippen LogP contribution in [0.5, 0.6) is 0 Å². The standard InChI is InChI=1S/C9H14F3N/c10-9(11,12)7-5-8-3-1-2-4-13(8)6-7/h7-8H,1-6H2. The molecule has 0 N–H and O–H groups in total. The van der Waals surface area contributed by atoms with E-state index in [4.69, 9.17) is 0 Å². The Balaban J connectivity index is 1.99. The summed E-state index contributed by atoms with van der Waals surface area (Å²) in [5.41, 5.74) is 0. The van der Waals surface area contributed by atoms with Crippen LogP contribution in [-0.4, -0.2) is 30.2 Å². The molecule has 2 aliphatic rings. The second kappa shape index (κ2) is 3.15. The first-order valence-electron chi connectivity index (χ1n) is 4.88. The van der Waals surface area contributed by atoms with Crippen LogP contribution >= 0.6 is 0 Å². The third kappa shape index (κ3) is 1.82. The van der Waals surface area contributed by atoms with Crippen molar-refractivity contribution in [3.05, 3.63) is 0 Å². The third-order valence-corrected chi connectivity index (χ3v) is 3.22. The van der Waals surface area contributed by atoms with E-state index in [0.29, 0.717) is 6.42 Å². The molecule has 0 amide bonds. The Labute approximate surface area is 75.9 Å². The molecule has 0 aliphatic carbocycles. The number of halogens is 3. The summed E-state index contributed by atoms with van der Waals surface area (Å²) in [6, 6.07) is 0.223. The smallest absolute Gasteiger partial charge is 0.300 e. The van der Waals surface area contributed by atoms with Gasteiger partial charge in [-0.1, -0.05) is 6.42 Å². The molecule has 2 saturated heterocycles. The van der Waals surface area contributed by atoms with Gasteiger partial charge < -0.3 is 0 Å². The lowest BCUT2D eigenvalue weighted by molar-refractivity contribution is -0.170. The molecule has 2 heterocycles. The summed E-state index contributed by atoms with van der Waals surface area (Å²) in [5.74, 6) is -1.06. The second-order valence-electron chi connectivity index (χ2n) is 4.12. The quantitative estimate of drug-likeness (QED) is 0.571. The van der Waals surface area contributed by atoms with Gasteiger partial charge in [-0.25, -0.2) is 0 Å². The van der Waals surface area contributed by atoms with Crippen molar-refractivity contribution in [2.45, 2.75) is 37.9 Å². The average molecular weight is 193 g/mol. The Morgan fingerprint density at radius 2 is 1.92 bits per heavy atom. The van der Waals surface area contributed by atoms with Crippen molar-refractivity contribution in [1.29, 1.82) is 0 Å².